The SMILES string of the molecule is Cc1cc2[nH]c(=O)c(=O)[nH]c2cc1S(=O)(=O)Nc1ccc2c(c1)OC(F)(F)O2. The molecule has 2 aromatic carbocycles. The quantitative estimate of drug-likeness (QED) is 0.562. The van der Waals surface area contributed by atoms with Crippen LogP contribution in [0, 0.1) is 6.92 Å². The third-order valence-electron chi connectivity index (χ3n) is 3.96. The summed E-state index contributed by atoms with van der Waals surface area (Å²) in [5, 5.41) is 0. The largest absolute Gasteiger partial charge is 0.586 e. The number of benzene rings is 2. The number of ether oxygens (including phenoxy) is 2. The summed E-state index contributed by atoms with van der Waals surface area (Å²) in [5.41, 5.74) is -1.17. The maximum absolute atomic E-state index is 13.1. The van der Waals surface area contributed by atoms with Crippen LogP contribution in [-0.2, 0) is 10.0 Å². The Morgan fingerprint density at radius 1 is 0.964 bits per heavy atom. The molecule has 0 amide bonds. The lowest BCUT2D eigenvalue weighted by atomic mass is 10.2. The molecule has 3 N–H and O–H groups in total. The molecular formula is C16H11F2N3O6S. The summed E-state index contributed by atoms with van der Waals surface area (Å²) in [4.78, 5) is 27.3. The summed E-state index contributed by atoms with van der Waals surface area (Å²) in [6.07, 6.45) is -3.82. The normalized spacial score (nSPS) is 15.0. The fraction of sp³-hybridized carbons (Fsp3) is 0.125. The minimum atomic E-state index is -4.15. The maximum Gasteiger partial charge on any atom is 0.586 e. The van der Waals surface area contributed by atoms with Crippen molar-refractivity contribution in [1.82, 2.24) is 9.97 Å². The van der Waals surface area contributed by atoms with Gasteiger partial charge in [0.15, 0.2) is 11.5 Å². The van der Waals surface area contributed by atoms with Crippen LogP contribution in [0.1, 0.15) is 5.56 Å². The molecule has 0 saturated carbocycles. The van der Waals surface area contributed by atoms with Crippen LogP contribution in [0.25, 0.3) is 11.0 Å². The lowest BCUT2D eigenvalue weighted by Gasteiger charge is -2.12. The Morgan fingerprint density at radius 2 is 1.57 bits per heavy atom. The zero-order valence-corrected chi connectivity index (χ0v) is 14.8. The fourth-order valence-electron chi connectivity index (χ4n) is 2.77. The summed E-state index contributed by atoms with van der Waals surface area (Å²) in [7, 11) is -4.15. The van der Waals surface area contributed by atoms with Crippen molar-refractivity contribution in [2.24, 2.45) is 0 Å². The Labute approximate surface area is 155 Å². The molecule has 3 aromatic rings. The molecule has 0 aliphatic carbocycles. The van der Waals surface area contributed by atoms with Gasteiger partial charge in [0.05, 0.1) is 21.6 Å². The molecule has 0 atom stereocenters. The average molecular weight is 411 g/mol. The number of aromatic amines is 2. The van der Waals surface area contributed by atoms with Crippen LogP contribution in [-0.4, -0.2) is 24.7 Å². The molecule has 1 aliphatic heterocycles. The molecule has 0 fully saturated rings. The number of aromatic nitrogens is 2. The minimum absolute atomic E-state index is 0.0329. The Hall–Kier alpha value is -3.41. The number of hydrogen-bond acceptors (Lipinski definition) is 6. The molecule has 12 heteroatoms. The standard InChI is InChI=1S/C16H11F2N3O6S/c1-7-4-9-10(20-15(23)14(22)19-9)6-13(7)28(24,25)21-8-2-3-11-12(5-8)27-16(17,18)26-11/h2-6,21H,1H3,(H,19,22)(H,20,23). The van der Waals surface area contributed by atoms with Crippen LogP contribution in [0.2, 0.25) is 0 Å². The highest BCUT2D eigenvalue weighted by Crippen LogP contribution is 2.42. The van der Waals surface area contributed by atoms with E-state index in [0.29, 0.717) is 0 Å². The predicted molar refractivity (Wildman–Crippen MR) is 93.4 cm³/mol. The number of fused-ring (bicyclic) bond motifs is 2. The Balaban J connectivity index is 1.73. The monoisotopic (exact) mass is 411 g/mol. The molecule has 9 nitrogen and oxygen atoms in total. The molecule has 0 radical (unpaired) electrons. The van der Waals surface area contributed by atoms with Crippen LogP contribution in [0.3, 0.4) is 0 Å². The van der Waals surface area contributed by atoms with Gasteiger partial charge in [-0.1, -0.05) is 0 Å². The Morgan fingerprint density at radius 3 is 2.25 bits per heavy atom. The first-order valence-corrected chi connectivity index (χ1v) is 9.22. The van der Waals surface area contributed by atoms with Gasteiger partial charge in [-0.25, -0.2) is 8.42 Å². The van der Waals surface area contributed by atoms with Gasteiger partial charge in [-0.05, 0) is 36.8 Å². The molecule has 1 aliphatic rings. The first-order valence-electron chi connectivity index (χ1n) is 7.74. The smallest absolute Gasteiger partial charge is 0.395 e. The molecule has 0 saturated heterocycles. The van der Waals surface area contributed by atoms with Gasteiger partial charge in [0, 0.05) is 6.07 Å². The number of aryl methyl sites for hydroxylation is 1. The first-order chi connectivity index (χ1) is 13.0. The summed E-state index contributed by atoms with van der Waals surface area (Å²) < 4.78 is 62.5. The van der Waals surface area contributed by atoms with Crippen molar-refractivity contribution in [3.8, 4) is 11.5 Å². The second-order valence-corrected chi connectivity index (χ2v) is 7.66. The number of alkyl halides is 2. The van der Waals surface area contributed by atoms with E-state index in [1.54, 1.807) is 0 Å². The number of nitrogens with one attached hydrogen (secondary N) is 3. The first kappa shape index (κ1) is 18.0. The van der Waals surface area contributed by atoms with Gasteiger partial charge >= 0.3 is 17.4 Å². The van der Waals surface area contributed by atoms with Gasteiger partial charge in [0.1, 0.15) is 0 Å². The van der Waals surface area contributed by atoms with Gasteiger partial charge in [-0.15, -0.1) is 8.78 Å². The summed E-state index contributed by atoms with van der Waals surface area (Å²) in [6.45, 7) is 1.50. The minimum Gasteiger partial charge on any atom is -0.395 e. The molecule has 2 heterocycles. The maximum atomic E-state index is 13.1. The third kappa shape index (κ3) is 3.07. The zero-order valence-electron chi connectivity index (χ0n) is 14.0. The van der Waals surface area contributed by atoms with E-state index < -0.39 is 27.4 Å². The third-order valence-corrected chi connectivity index (χ3v) is 5.48. The molecular weight excluding hydrogens is 400 g/mol. The van der Waals surface area contributed by atoms with E-state index in [9.17, 15) is 26.8 Å². The fourth-order valence-corrected chi connectivity index (χ4v) is 4.07. The van der Waals surface area contributed by atoms with E-state index in [4.69, 9.17) is 0 Å². The van der Waals surface area contributed by atoms with Gasteiger partial charge in [-0.2, -0.15) is 0 Å². The number of halogens is 2. The number of sulfonamides is 1. The Kier molecular flexibility index (Phi) is 3.72. The summed E-state index contributed by atoms with van der Waals surface area (Å²) in [5.74, 6) is -0.543. The number of H-pyrrole nitrogens is 2. The van der Waals surface area contributed by atoms with Crippen molar-refractivity contribution in [3.05, 3.63) is 56.6 Å². The van der Waals surface area contributed by atoms with E-state index in [0.717, 1.165) is 12.1 Å². The van der Waals surface area contributed by atoms with Crippen molar-refractivity contribution in [3.63, 3.8) is 0 Å². The van der Waals surface area contributed by atoms with Gasteiger partial charge in [0.25, 0.3) is 10.0 Å². The highest BCUT2D eigenvalue weighted by atomic mass is 32.2. The van der Waals surface area contributed by atoms with Gasteiger partial charge in [0.2, 0.25) is 0 Å². The topological polar surface area (TPSA) is 130 Å². The van der Waals surface area contributed by atoms with Crippen molar-refractivity contribution in [2.45, 2.75) is 18.1 Å². The second kappa shape index (κ2) is 5.79. The van der Waals surface area contributed by atoms with E-state index in [1.165, 1.54) is 25.1 Å². The molecule has 28 heavy (non-hydrogen) atoms. The number of hydrogen-bond donors (Lipinski definition) is 3. The summed E-state index contributed by atoms with van der Waals surface area (Å²) >= 11 is 0. The van der Waals surface area contributed by atoms with Crippen LogP contribution < -0.4 is 25.3 Å². The number of rotatable bonds is 3. The lowest BCUT2D eigenvalue weighted by Crippen LogP contribution is -2.29. The van der Waals surface area contributed by atoms with Gasteiger partial charge in [-0.3, -0.25) is 14.3 Å². The lowest BCUT2D eigenvalue weighted by molar-refractivity contribution is -0.286. The molecule has 146 valence electrons. The predicted octanol–water partition coefficient (Wildman–Crippen LogP) is 1.65. The Bertz CT molecular complexity index is 1350. The van der Waals surface area contributed by atoms with E-state index in [1.807, 2.05) is 0 Å². The van der Waals surface area contributed by atoms with Crippen molar-refractivity contribution in [1.29, 1.82) is 0 Å². The molecule has 0 spiro atoms. The summed E-state index contributed by atoms with van der Waals surface area (Å²) in [6, 6.07) is 6.01. The van der Waals surface area contributed by atoms with E-state index in [2.05, 4.69) is 24.2 Å². The molecule has 1 aromatic heterocycles. The van der Waals surface area contributed by atoms with E-state index >= 15 is 0 Å². The van der Waals surface area contributed by atoms with Gasteiger partial charge < -0.3 is 19.4 Å². The average Bonchev–Trinajstić information content (AvgIpc) is 2.88. The van der Waals surface area contributed by atoms with E-state index in [-0.39, 0.29) is 38.7 Å². The zero-order chi connectivity index (χ0) is 20.3. The molecule has 4 rings (SSSR count). The van der Waals surface area contributed by atoms with Crippen molar-refractivity contribution >= 4 is 26.7 Å². The second-order valence-electron chi connectivity index (χ2n) is 6.01. The highest BCUT2D eigenvalue weighted by Gasteiger charge is 2.43. The molecule has 0 bridgehead atoms. The van der Waals surface area contributed by atoms with Crippen LogP contribution in [0.15, 0.2) is 44.8 Å². The number of anilines is 1. The van der Waals surface area contributed by atoms with Crippen LogP contribution in [0.4, 0.5) is 14.5 Å². The van der Waals surface area contributed by atoms with Crippen LogP contribution in [0.5, 0.6) is 11.5 Å². The van der Waals surface area contributed by atoms with Crippen LogP contribution >= 0.6 is 0 Å². The highest BCUT2D eigenvalue weighted by molar-refractivity contribution is 7.92. The van der Waals surface area contributed by atoms with Crippen molar-refractivity contribution < 1.29 is 26.7 Å². The van der Waals surface area contributed by atoms with Crippen molar-refractivity contribution in [2.75, 3.05) is 4.72 Å². The molecule has 0 unspecified atom stereocenters.